The van der Waals surface area contributed by atoms with Crippen LogP contribution in [-0.2, 0) is 0 Å². The van der Waals surface area contributed by atoms with Crippen molar-refractivity contribution in [2.45, 2.75) is 6.92 Å². The van der Waals surface area contributed by atoms with Crippen LogP contribution < -0.4 is 4.90 Å². The minimum atomic E-state index is 1.09. The first-order chi connectivity index (χ1) is 10.6. The van der Waals surface area contributed by atoms with Crippen LogP contribution in [0.2, 0.25) is 0 Å². The van der Waals surface area contributed by atoms with Crippen LogP contribution in [0.1, 0.15) is 5.56 Å². The highest BCUT2D eigenvalue weighted by Gasteiger charge is 2.05. The van der Waals surface area contributed by atoms with Gasteiger partial charge in [-0.2, -0.15) is 0 Å². The predicted octanol–water partition coefficient (Wildman–Crippen LogP) is 6.19. The summed E-state index contributed by atoms with van der Waals surface area (Å²) in [5.41, 5.74) is 6.12. The van der Waals surface area contributed by atoms with Crippen molar-refractivity contribution in [3.63, 3.8) is 0 Å². The molecule has 0 radical (unpaired) electrons. The third-order valence-electron chi connectivity index (χ3n) is 3.84. The molecule has 0 aromatic heterocycles. The topological polar surface area (TPSA) is 3.24 Å². The van der Waals surface area contributed by atoms with Crippen LogP contribution in [0.25, 0.3) is 11.1 Å². The fourth-order valence-electron chi connectivity index (χ4n) is 2.46. The summed E-state index contributed by atoms with van der Waals surface area (Å²) < 4.78 is 1.09. The van der Waals surface area contributed by atoms with E-state index in [4.69, 9.17) is 0 Å². The van der Waals surface area contributed by atoms with Gasteiger partial charge in [0.15, 0.2) is 0 Å². The molecule has 1 nitrogen and oxygen atoms in total. The summed E-state index contributed by atoms with van der Waals surface area (Å²) in [7, 11) is 2.09. The van der Waals surface area contributed by atoms with Gasteiger partial charge in [-0.15, -0.1) is 0 Å². The molecule has 0 N–H and O–H groups in total. The molecule has 0 aliphatic rings. The average Bonchev–Trinajstić information content (AvgIpc) is 2.55. The maximum absolute atomic E-state index is 3.52. The molecule has 22 heavy (non-hydrogen) atoms. The Labute approximate surface area is 140 Å². The maximum atomic E-state index is 3.52. The zero-order valence-corrected chi connectivity index (χ0v) is 14.3. The molecule has 0 fully saturated rings. The summed E-state index contributed by atoms with van der Waals surface area (Å²) in [6.45, 7) is 2.11. The minimum absolute atomic E-state index is 1.09. The molecule has 0 spiro atoms. The molecule has 3 rings (SSSR count). The second-order valence-corrected chi connectivity index (χ2v) is 6.37. The van der Waals surface area contributed by atoms with Crippen molar-refractivity contribution in [1.82, 2.24) is 0 Å². The van der Waals surface area contributed by atoms with Crippen molar-refractivity contribution in [1.29, 1.82) is 0 Å². The van der Waals surface area contributed by atoms with Crippen molar-refractivity contribution >= 4 is 27.3 Å². The Kier molecular flexibility index (Phi) is 4.30. The molecule has 2 heteroatoms. The lowest BCUT2D eigenvalue weighted by atomic mass is 10.0. The van der Waals surface area contributed by atoms with Gasteiger partial charge in [0, 0.05) is 22.9 Å². The molecule has 0 saturated heterocycles. The van der Waals surface area contributed by atoms with Gasteiger partial charge in [0.2, 0.25) is 0 Å². The van der Waals surface area contributed by atoms with Crippen molar-refractivity contribution in [2.75, 3.05) is 11.9 Å². The molecule has 0 unspecified atom stereocenters. The first-order valence-electron chi connectivity index (χ1n) is 7.30. The van der Waals surface area contributed by atoms with Gasteiger partial charge in [-0.05, 0) is 48.4 Å². The van der Waals surface area contributed by atoms with Crippen molar-refractivity contribution in [2.24, 2.45) is 0 Å². The van der Waals surface area contributed by atoms with Crippen molar-refractivity contribution in [3.8, 4) is 11.1 Å². The zero-order chi connectivity index (χ0) is 15.5. The first-order valence-corrected chi connectivity index (χ1v) is 8.09. The van der Waals surface area contributed by atoms with Gasteiger partial charge in [0.05, 0.1) is 0 Å². The average molecular weight is 352 g/mol. The molecule has 110 valence electrons. The molecule has 0 aliphatic carbocycles. The first kappa shape index (κ1) is 14.9. The molecule has 0 atom stereocenters. The van der Waals surface area contributed by atoms with Gasteiger partial charge in [-0.25, -0.2) is 0 Å². The van der Waals surface area contributed by atoms with E-state index in [1.54, 1.807) is 0 Å². The van der Waals surface area contributed by atoms with Crippen molar-refractivity contribution in [3.05, 3.63) is 82.8 Å². The van der Waals surface area contributed by atoms with Gasteiger partial charge in [0.25, 0.3) is 0 Å². The van der Waals surface area contributed by atoms with Crippen LogP contribution in [0.5, 0.6) is 0 Å². The molecule has 0 heterocycles. The molecular formula is C20H18BrN. The number of rotatable bonds is 3. The summed E-state index contributed by atoms with van der Waals surface area (Å²) in [6, 6.07) is 25.6. The fourth-order valence-corrected chi connectivity index (χ4v) is 2.84. The SMILES string of the molecule is Cc1ccc(-c2ccc(N(C)c3cccc(Br)c3)cc2)cc1. The lowest BCUT2D eigenvalue weighted by Crippen LogP contribution is -2.08. The number of nitrogens with zero attached hydrogens (tertiary/aromatic N) is 1. The quantitative estimate of drug-likeness (QED) is 0.543. The van der Waals surface area contributed by atoms with Crippen LogP contribution in [0.4, 0.5) is 11.4 Å². The van der Waals surface area contributed by atoms with E-state index >= 15 is 0 Å². The second-order valence-electron chi connectivity index (χ2n) is 5.45. The Morgan fingerprint density at radius 2 is 1.32 bits per heavy atom. The third-order valence-corrected chi connectivity index (χ3v) is 4.33. The van der Waals surface area contributed by atoms with Crippen LogP contribution in [-0.4, -0.2) is 7.05 Å². The van der Waals surface area contributed by atoms with Crippen LogP contribution >= 0.6 is 15.9 Å². The largest absolute Gasteiger partial charge is 0.345 e. The van der Waals surface area contributed by atoms with E-state index in [-0.39, 0.29) is 0 Å². The third kappa shape index (κ3) is 3.23. The molecular weight excluding hydrogens is 334 g/mol. The molecule has 0 amide bonds. The van der Waals surface area contributed by atoms with E-state index in [9.17, 15) is 0 Å². The smallest absolute Gasteiger partial charge is 0.0419 e. The van der Waals surface area contributed by atoms with E-state index in [1.165, 1.54) is 22.4 Å². The number of hydrogen-bond acceptors (Lipinski definition) is 1. The minimum Gasteiger partial charge on any atom is -0.345 e. The summed E-state index contributed by atoms with van der Waals surface area (Å²) >= 11 is 3.52. The molecule has 0 bridgehead atoms. The van der Waals surface area contributed by atoms with Crippen LogP contribution in [0.15, 0.2) is 77.3 Å². The van der Waals surface area contributed by atoms with Gasteiger partial charge >= 0.3 is 0 Å². The Bertz CT molecular complexity index is 760. The fraction of sp³-hybridized carbons (Fsp3) is 0.100. The van der Waals surface area contributed by atoms with E-state index in [0.29, 0.717) is 0 Å². The van der Waals surface area contributed by atoms with E-state index in [2.05, 4.69) is 102 Å². The van der Waals surface area contributed by atoms with Gasteiger partial charge < -0.3 is 4.90 Å². The lowest BCUT2D eigenvalue weighted by molar-refractivity contribution is 1.21. The second kappa shape index (κ2) is 6.37. The summed E-state index contributed by atoms with van der Waals surface area (Å²) in [5, 5.41) is 0. The number of halogens is 1. The highest BCUT2D eigenvalue weighted by atomic mass is 79.9. The van der Waals surface area contributed by atoms with Crippen LogP contribution in [0, 0.1) is 6.92 Å². The van der Waals surface area contributed by atoms with E-state index in [1.807, 2.05) is 6.07 Å². The number of hydrogen-bond donors (Lipinski definition) is 0. The van der Waals surface area contributed by atoms with Gasteiger partial charge in [-0.1, -0.05) is 64.0 Å². The number of benzene rings is 3. The predicted molar refractivity (Wildman–Crippen MR) is 98.8 cm³/mol. The van der Waals surface area contributed by atoms with E-state index in [0.717, 1.165) is 10.2 Å². The molecule has 3 aromatic rings. The summed E-state index contributed by atoms with van der Waals surface area (Å²) in [4.78, 5) is 2.18. The standard InChI is InChI=1S/C20H18BrN/c1-15-6-8-16(9-7-15)17-10-12-19(13-11-17)22(2)20-5-3-4-18(21)14-20/h3-14H,1-2H3. The highest BCUT2D eigenvalue weighted by molar-refractivity contribution is 9.10. The molecule has 0 aliphatic heterocycles. The summed E-state index contributed by atoms with van der Waals surface area (Å²) in [5.74, 6) is 0. The Morgan fingerprint density at radius 3 is 1.91 bits per heavy atom. The highest BCUT2D eigenvalue weighted by Crippen LogP contribution is 2.28. The number of aryl methyl sites for hydroxylation is 1. The molecule has 3 aromatic carbocycles. The van der Waals surface area contributed by atoms with E-state index < -0.39 is 0 Å². The monoisotopic (exact) mass is 351 g/mol. The Balaban J connectivity index is 1.86. The Hall–Kier alpha value is -2.06. The normalized spacial score (nSPS) is 10.5. The van der Waals surface area contributed by atoms with Crippen LogP contribution in [0.3, 0.4) is 0 Å². The molecule has 0 saturated carbocycles. The Morgan fingerprint density at radius 1 is 0.727 bits per heavy atom. The van der Waals surface area contributed by atoms with Gasteiger partial charge in [-0.3, -0.25) is 0 Å². The van der Waals surface area contributed by atoms with Gasteiger partial charge in [0.1, 0.15) is 0 Å². The zero-order valence-electron chi connectivity index (χ0n) is 12.8. The van der Waals surface area contributed by atoms with Crippen molar-refractivity contribution < 1.29 is 0 Å². The maximum Gasteiger partial charge on any atom is 0.0419 e. The lowest BCUT2D eigenvalue weighted by Gasteiger charge is -2.20. The number of anilines is 2. The summed E-state index contributed by atoms with van der Waals surface area (Å²) in [6.07, 6.45) is 0.